The van der Waals surface area contributed by atoms with Crippen molar-refractivity contribution in [1.82, 2.24) is 4.98 Å². The molecule has 5 rings (SSSR count). The third-order valence-electron chi connectivity index (χ3n) is 5.57. The van der Waals surface area contributed by atoms with Crippen LogP contribution in [0.2, 0.25) is 0 Å². The largest absolute Gasteiger partial charge is 0.416 e. The van der Waals surface area contributed by atoms with E-state index in [2.05, 4.69) is 41.4 Å². The van der Waals surface area contributed by atoms with Crippen LogP contribution in [0.5, 0.6) is 0 Å². The van der Waals surface area contributed by atoms with Gasteiger partial charge in [0.15, 0.2) is 0 Å². The fraction of sp³-hybridized carbons (Fsp3) is 0.0357. The molecule has 0 spiro atoms. The summed E-state index contributed by atoms with van der Waals surface area (Å²) in [7, 11) is 0. The second-order valence-electron chi connectivity index (χ2n) is 7.65. The van der Waals surface area contributed by atoms with Crippen molar-refractivity contribution in [1.29, 1.82) is 0 Å². The van der Waals surface area contributed by atoms with Crippen molar-refractivity contribution in [3.63, 3.8) is 0 Å². The summed E-state index contributed by atoms with van der Waals surface area (Å²) in [6, 6.07) is 31.5. The van der Waals surface area contributed by atoms with E-state index in [1.807, 2.05) is 48.7 Å². The highest BCUT2D eigenvalue weighted by Crippen LogP contribution is 2.32. The topological polar surface area (TPSA) is 12.9 Å². The van der Waals surface area contributed by atoms with Crippen LogP contribution in [0, 0.1) is 0 Å². The van der Waals surface area contributed by atoms with Crippen LogP contribution in [0.3, 0.4) is 0 Å². The summed E-state index contributed by atoms with van der Waals surface area (Å²) in [5, 5.41) is 1.10. The summed E-state index contributed by atoms with van der Waals surface area (Å²) in [6.45, 7) is 0. The standard InChI is InChI=1S/C28H18F3N/c29-28(30,31)26-15-13-22(14-16-26)21-7-5-19(6-8-21)20-9-11-23(12-10-20)25-17-24-3-1-2-4-27(24)32-18-25/h1-18H. The molecule has 1 nitrogen and oxygen atoms in total. The van der Waals surface area contributed by atoms with Gasteiger partial charge in [0.25, 0.3) is 0 Å². The van der Waals surface area contributed by atoms with E-state index >= 15 is 0 Å². The molecule has 4 heteroatoms. The average molecular weight is 425 g/mol. The minimum absolute atomic E-state index is 0.639. The number of halogens is 3. The molecule has 0 amide bonds. The fourth-order valence-electron chi connectivity index (χ4n) is 3.79. The number of aromatic nitrogens is 1. The van der Waals surface area contributed by atoms with Gasteiger partial charge in [0, 0.05) is 17.1 Å². The van der Waals surface area contributed by atoms with Gasteiger partial charge in [0.05, 0.1) is 11.1 Å². The first-order valence-electron chi connectivity index (χ1n) is 10.2. The van der Waals surface area contributed by atoms with Crippen LogP contribution in [0.1, 0.15) is 5.56 Å². The number of pyridine rings is 1. The second kappa shape index (κ2) is 7.97. The number of rotatable bonds is 3. The van der Waals surface area contributed by atoms with Gasteiger partial charge in [-0.15, -0.1) is 0 Å². The van der Waals surface area contributed by atoms with Crippen LogP contribution >= 0.6 is 0 Å². The SMILES string of the molecule is FC(F)(F)c1ccc(-c2ccc(-c3ccc(-c4cnc5ccccc5c4)cc3)cc2)cc1. The van der Waals surface area contributed by atoms with E-state index in [4.69, 9.17) is 0 Å². The molecular formula is C28H18F3N. The van der Waals surface area contributed by atoms with Gasteiger partial charge in [-0.1, -0.05) is 78.9 Å². The molecular weight excluding hydrogens is 407 g/mol. The van der Waals surface area contributed by atoms with Gasteiger partial charge in [0.1, 0.15) is 0 Å². The van der Waals surface area contributed by atoms with Crippen LogP contribution in [0.4, 0.5) is 13.2 Å². The smallest absolute Gasteiger partial charge is 0.256 e. The summed E-state index contributed by atoms with van der Waals surface area (Å²) in [5.74, 6) is 0. The molecule has 5 aromatic rings. The number of alkyl halides is 3. The van der Waals surface area contributed by atoms with Crippen molar-refractivity contribution in [2.75, 3.05) is 0 Å². The Hall–Kier alpha value is -3.92. The predicted octanol–water partition coefficient (Wildman–Crippen LogP) is 8.25. The van der Waals surface area contributed by atoms with Crippen LogP contribution in [-0.4, -0.2) is 4.98 Å². The summed E-state index contributed by atoms with van der Waals surface area (Å²) >= 11 is 0. The van der Waals surface area contributed by atoms with E-state index < -0.39 is 11.7 Å². The summed E-state index contributed by atoms with van der Waals surface area (Å²) in [5.41, 5.74) is 6.23. The molecule has 0 unspecified atom stereocenters. The van der Waals surface area contributed by atoms with Gasteiger partial charge in [-0.05, 0) is 52.1 Å². The lowest BCUT2D eigenvalue weighted by molar-refractivity contribution is -0.137. The molecule has 0 aliphatic heterocycles. The summed E-state index contributed by atoms with van der Waals surface area (Å²) < 4.78 is 38.3. The number of benzene rings is 4. The Bertz CT molecular complexity index is 1370. The molecule has 4 aromatic carbocycles. The zero-order valence-corrected chi connectivity index (χ0v) is 17.0. The Labute approximate surface area is 183 Å². The Morgan fingerprint density at radius 3 is 1.44 bits per heavy atom. The van der Waals surface area contributed by atoms with Crippen molar-refractivity contribution in [2.45, 2.75) is 6.18 Å². The second-order valence-corrected chi connectivity index (χ2v) is 7.65. The van der Waals surface area contributed by atoms with Crippen LogP contribution in [0.25, 0.3) is 44.3 Å². The molecule has 0 bridgehead atoms. The highest BCUT2D eigenvalue weighted by molar-refractivity contribution is 5.84. The molecule has 0 radical (unpaired) electrons. The van der Waals surface area contributed by atoms with Gasteiger partial charge < -0.3 is 0 Å². The van der Waals surface area contributed by atoms with Crippen LogP contribution < -0.4 is 0 Å². The quantitative estimate of drug-likeness (QED) is 0.284. The highest BCUT2D eigenvalue weighted by Gasteiger charge is 2.29. The zero-order chi connectivity index (χ0) is 22.1. The Kier molecular flexibility index (Phi) is 4.98. The minimum Gasteiger partial charge on any atom is -0.256 e. The Morgan fingerprint density at radius 2 is 0.938 bits per heavy atom. The van der Waals surface area contributed by atoms with E-state index in [1.54, 1.807) is 0 Å². The van der Waals surface area contributed by atoms with Crippen molar-refractivity contribution in [3.05, 3.63) is 115 Å². The Morgan fingerprint density at radius 1 is 0.500 bits per heavy atom. The molecule has 0 saturated heterocycles. The van der Waals surface area contributed by atoms with Crippen molar-refractivity contribution < 1.29 is 13.2 Å². The molecule has 0 N–H and O–H groups in total. The van der Waals surface area contributed by atoms with E-state index in [-0.39, 0.29) is 0 Å². The first-order chi connectivity index (χ1) is 15.5. The maximum Gasteiger partial charge on any atom is 0.416 e. The molecule has 0 aliphatic rings. The lowest BCUT2D eigenvalue weighted by Gasteiger charge is -2.09. The first kappa shape index (κ1) is 20.0. The number of nitrogens with zero attached hydrogens (tertiary/aromatic N) is 1. The highest BCUT2D eigenvalue weighted by atomic mass is 19.4. The molecule has 0 saturated carbocycles. The van der Waals surface area contributed by atoms with Crippen molar-refractivity contribution >= 4 is 10.9 Å². The predicted molar refractivity (Wildman–Crippen MR) is 123 cm³/mol. The number of hydrogen-bond acceptors (Lipinski definition) is 1. The fourth-order valence-corrected chi connectivity index (χ4v) is 3.79. The van der Waals surface area contributed by atoms with Gasteiger partial charge in [-0.3, -0.25) is 4.98 Å². The number of para-hydroxylation sites is 1. The van der Waals surface area contributed by atoms with Gasteiger partial charge in [-0.25, -0.2) is 0 Å². The molecule has 1 heterocycles. The third-order valence-corrected chi connectivity index (χ3v) is 5.57. The number of fused-ring (bicyclic) bond motifs is 1. The summed E-state index contributed by atoms with van der Waals surface area (Å²) in [4.78, 5) is 4.53. The van der Waals surface area contributed by atoms with Crippen molar-refractivity contribution in [3.8, 4) is 33.4 Å². The van der Waals surface area contributed by atoms with Crippen LogP contribution in [0.15, 0.2) is 109 Å². The minimum atomic E-state index is -4.32. The maximum atomic E-state index is 12.8. The lowest BCUT2D eigenvalue weighted by atomic mass is 9.98. The monoisotopic (exact) mass is 425 g/mol. The summed E-state index contributed by atoms with van der Waals surface area (Å²) in [6.07, 6.45) is -2.44. The van der Waals surface area contributed by atoms with Gasteiger partial charge >= 0.3 is 6.18 Å². The molecule has 0 atom stereocenters. The number of hydrogen-bond donors (Lipinski definition) is 0. The molecule has 0 aliphatic carbocycles. The third kappa shape index (κ3) is 4.00. The first-order valence-corrected chi connectivity index (χ1v) is 10.2. The lowest BCUT2D eigenvalue weighted by Crippen LogP contribution is -2.03. The zero-order valence-electron chi connectivity index (χ0n) is 17.0. The molecule has 1 aromatic heterocycles. The molecule has 32 heavy (non-hydrogen) atoms. The van der Waals surface area contributed by atoms with E-state index in [9.17, 15) is 13.2 Å². The van der Waals surface area contributed by atoms with E-state index in [0.29, 0.717) is 0 Å². The average Bonchev–Trinajstić information content (AvgIpc) is 2.83. The van der Waals surface area contributed by atoms with Gasteiger partial charge in [-0.2, -0.15) is 13.2 Å². The maximum absolute atomic E-state index is 12.8. The van der Waals surface area contributed by atoms with Crippen molar-refractivity contribution in [2.24, 2.45) is 0 Å². The van der Waals surface area contributed by atoms with E-state index in [1.165, 1.54) is 12.1 Å². The Balaban J connectivity index is 1.37. The molecule has 0 fully saturated rings. The normalized spacial score (nSPS) is 11.6. The van der Waals surface area contributed by atoms with E-state index in [0.717, 1.165) is 56.4 Å². The van der Waals surface area contributed by atoms with Gasteiger partial charge in [0.2, 0.25) is 0 Å². The van der Waals surface area contributed by atoms with Crippen LogP contribution in [-0.2, 0) is 6.18 Å². The molecule has 156 valence electrons.